The smallest absolute Gasteiger partial charge is 0.274 e. The Morgan fingerprint density at radius 1 is 0.963 bits per heavy atom. The third-order valence-corrected chi connectivity index (χ3v) is 4.55. The van der Waals surface area contributed by atoms with Gasteiger partial charge in [-0.15, -0.1) is 0 Å². The Labute approximate surface area is 158 Å². The van der Waals surface area contributed by atoms with Gasteiger partial charge in [-0.25, -0.2) is 4.98 Å². The van der Waals surface area contributed by atoms with Crippen LogP contribution < -0.4 is 20.1 Å². The summed E-state index contributed by atoms with van der Waals surface area (Å²) >= 11 is 0. The SMILES string of the molecule is COc1ccc(NC(=O)c2cccc(C(=O)NC3CCCC3)n2)cc1OC. The summed E-state index contributed by atoms with van der Waals surface area (Å²) in [5, 5.41) is 5.73. The van der Waals surface area contributed by atoms with E-state index in [0.29, 0.717) is 17.2 Å². The van der Waals surface area contributed by atoms with Gasteiger partial charge >= 0.3 is 0 Å². The summed E-state index contributed by atoms with van der Waals surface area (Å²) in [7, 11) is 3.07. The molecule has 7 nitrogen and oxygen atoms in total. The molecular formula is C20H23N3O4. The lowest BCUT2D eigenvalue weighted by Crippen LogP contribution is -2.33. The van der Waals surface area contributed by atoms with Crippen molar-refractivity contribution >= 4 is 17.5 Å². The minimum Gasteiger partial charge on any atom is -0.493 e. The van der Waals surface area contributed by atoms with Crippen LogP contribution in [-0.4, -0.2) is 37.1 Å². The van der Waals surface area contributed by atoms with Crippen LogP contribution >= 0.6 is 0 Å². The molecular weight excluding hydrogens is 346 g/mol. The zero-order valence-electron chi connectivity index (χ0n) is 15.5. The number of amides is 2. The Hall–Kier alpha value is -3.09. The molecule has 0 radical (unpaired) electrons. The highest BCUT2D eigenvalue weighted by atomic mass is 16.5. The van der Waals surface area contributed by atoms with E-state index < -0.39 is 5.91 Å². The quantitative estimate of drug-likeness (QED) is 0.817. The molecule has 0 saturated heterocycles. The van der Waals surface area contributed by atoms with Crippen LogP contribution in [0.2, 0.25) is 0 Å². The van der Waals surface area contributed by atoms with Crippen molar-refractivity contribution in [1.82, 2.24) is 10.3 Å². The second kappa shape index (κ2) is 8.53. The highest BCUT2D eigenvalue weighted by molar-refractivity contribution is 6.04. The Balaban J connectivity index is 1.70. The molecule has 0 unspecified atom stereocenters. The number of rotatable bonds is 6. The van der Waals surface area contributed by atoms with Gasteiger partial charge in [0, 0.05) is 17.8 Å². The molecule has 1 saturated carbocycles. The average molecular weight is 369 g/mol. The van der Waals surface area contributed by atoms with E-state index in [0.717, 1.165) is 25.7 Å². The van der Waals surface area contributed by atoms with Crippen molar-refractivity contribution in [3.63, 3.8) is 0 Å². The van der Waals surface area contributed by atoms with E-state index in [4.69, 9.17) is 9.47 Å². The monoisotopic (exact) mass is 369 g/mol. The normalized spacial score (nSPS) is 13.9. The molecule has 0 aliphatic heterocycles. The molecule has 0 bridgehead atoms. The van der Waals surface area contributed by atoms with E-state index in [-0.39, 0.29) is 23.3 Å². The molecule has 1 fully saturated rings. The first-order valence-electron chi connectivity index (χ1n) is 8.92. The second-order valence-electron chi connectivity index (χ2n) is 6.39. The number of hydrogen-bond acceptors (Lipinski definition) is 5. The summed E-state index contributed by atoms with van der Waals surface area (Å²) in [5.74, 6) is 0.424. The van der Waals surface area contributed by atoms with Crippen LogP contribution in [0.5, 0.6) is 11.5 Å². The number of nitrogens with one attached hydrogen (secondary N) is 2. The van der Waals surface area contributed by atoms with Crippen molar-refractivity contribution in [2.75, 3.05) is 19.5 Å². The van der Waals surface area contributed by atoms with Crippen molar-refractivity contribution in [2.24, 2.45) is 0 Å². The van der Waals surface area contributed by atoms with Gasteiger partial charge in [0.05, 0.1) is 14.2 Å². The van der Waals surface area contributed by atoms with Gasteiger partial charge in [0.15, 0.2) is 11.5 Å². The Bertz CT molecular complexity index is 832. The average Bonchev–Trinajstić information content (AvgIpc) is 3.21. The van der Waals surface area contributed by atoms with E-state index in [1.165, 1.54) is 7.11 Å². The molecule has 2 aromatic rings. The number of benzene rings is 1. The highest BCUT2D eigenvalue weighted by Crippen LogP contribution is 2.29. The van der Waals surface area contributed by atoms with Gasteiger partial charge in [-0.3, -0.25) is 9.59 Å². The summed E-state index contributed by atoms with van der Waals surface area (Å²) in [5.41, 5.74) is 0.950. The number of nitrogens with zero attached hydrogens (tertiary/aromatic N) is 1. The maximum atomic E-state index is 12.5. The first-order valence-corrected chi connectivity index (χ1v) is 8.92. The molecule has 1 aromatic carbocycles. The molecule has 3 rings (SSSR count). The second-order valence-corrected chi connectivity index (χ2v) is 6.39. The van der Waals surface area contributed by atoms with Crippen LogP contribution in [0, 0.1) is 0 Å². The number of hydrogen-bond donors (Lipinski definition) is 2. The molecule has 7 heteroatoms. The maximum Gasteiger partial charge on any atom is 0.274 e. The number of methoxy groups -OCH3 is 2. The van der Waals surface area contributed by atoms with Crippen molar-refractivity contribution in [3.05, 3.63) is 47.8 Å². The molecule has 0 spiro atoms. The van der Waals surface area contributed by atoms with Gasteiger partial charge in [-0.05, 0) is 37.1 Å². The number of carbonyl (C=O) groups is 2. The predicted octanol–water partition coefficient (Wildman–Crippen LogP) is 3.02. The summed E-state index contributed by atoms with van der Waals surface area (Å²) in [6.45, 7) is 0. The van der Waals surface area contributed by atoms with Crippen molar-refractivity contribution in [2.45, 2.75) is 31.7 Å². The molecule has 142 valence electrons. The largest absolute Gasteiger partial charge is 0.493 e. The van der Waals surface area contributed by atoms with Crippen molar-refractivity contribution in [1.29, 1.82) is 0 Å². The van der Waals surface area contributed by atoms with E-state index >= 15 is 0 Å². The van der Waals surface area contributed by atoms with Gasteiger partial charge in [0.1, 0.15) is 11.4 Å². The zero-order valence-corrected chi connectivity index (χ0v) is 15.5. The summed E-state index contributed by atoms with van der Waals surface area (Å²) in [4.78, 5) is 29.1. The fourth-order valence-electron chi connectivity index (χ4n) is 3.13. The lowest BCUT2D eigenvalue weighted by atomic mass is 10.2. The third kappa shape index (κ3) is 4.55. The molecule has 1 heterocycles. The lowest BCUT2D eigenvalue weighted by molar-refractivity contribution is 0.0932. The van der Waals surface area contributed by atoms with Gasteiger partial charge in [-0.2, -0.15) is 0 Å². The van der Waals surface area contributed by atoms with Crippen LogP contribution in [0.15, 0.2) is 36.4 Å². The van der Waals surface area contributed by atoms with Crippen LogP contribution in [0.3, 0.4) is 0 Å². The lowest BCUT2D eigenvalue weighted by Gasteiger charge is -2.12. The van der Waals surface area contributed by atoms with Crippen LogP contribution in [-0.2, 0) is 0 Å². The minimum atomic E-state index is -0.405. The van der Waals surface area contributed by atoms with Crippen molar-refractivity contribution < 1.29 is 19.1 Å². The number of ether oxygens (including phenoxy) is 2. The van der Waals surface area contributed by atoms with Crippen LogP contribution in [0.25, 0.3) is 0 Å². The number of aromatic nitrogens is 1. The standard InChI is InChI=1S/C20H23N3O4/c1-26-17-11-10-14(12-18(17)27-2)22-20(25)16-9-5-8-15(23-16)19(24)21-13-6-3-4-7-13/h5,8-13H,3-4,6-7H2,1-2H3,(H,21,24)(H,22,25). The maximum absolute atomic E-state index is 12.5. The van der Waals surface area contributed by atoms with Gasteiger partial charge in [-0.1, -0.05) is 18.9 Å². The molecule has 1 aliphatic rings. The van der Waals surface area contributed by atoms with Gasteiger partial charge < -0.3 is 20.1 Å². The first-order chi connectivity index (χ1) is 13.1. The molecule has 1 aliphatic carbocycles. The Morgan fingerprint density at radius 2 is 1.63 bits per heavy atom. The summed E-state index contributed by atoms with van der Waals surface area (Å²) in [6.07, 6.45) is 4.24. The minimum absolute atomic E-state index is 0.170. The van der Waals surface area contributed by atoms with Gasteiger partial charge in [0.2, 0.25) is 0 Å². The van der Waals surface area contributed by atoms with E-state index in [9.17, 15) is 9.59 Å². The van der Waals surface area contributed by atoms with Gasteiger partial charge in [0.25, 0.3) is 11.8 Å². The molecule has 2 N–H and O–H groups in total. The fraction of sp³-hybridized carbons (Fsp3) is 0.350. The van der Waals surface area contributed by atoms with E-state index in [2.05, 4.69) is 15.6 Å². The van der Waals surface area contributed by atoms with E-state index in [1.807, 2.05) is 0 Å². The Morgan fingerprint density at radius 3 is 2.30 bits per heavy atom. The van der Waals surface area contributed by atoms with Crippen molar-refractivity contribution in [3.8, 4) is 11.5 Å². The summed E-state index contributed by atoms with van der Waals surface area (Å²) in [6, 6.07) is 10.1. The molecule has 27 heavy (non-hydrogen) atoms. The first kappa shape index (κ1) is 18.7. The fourth-order valence-corrected chi connectivity index (χ4v) is 3.13. The highest BCUT2D eigenvalue weighted by Gasteiger charge is 2.19. The molecule has 1 aromatic heterocycles. The molecule has 0 atom stereocenters. The third-order valence-electron chi connectivity index (χ3n) is 4.55. The summed E-state index contributed by atoms with van der Waals surface area (Å²) < 4.78 is 10.4. The number of carbonyl (C=O) groups excluding carboxylic acids is 2. The molecule has 2 amide bonds. The number of anilines is 1. The Kier molecular flexibility index (Phi) is 5.90. The van der Waals surface area contributed by atoms with Crippen LogP contribution in [0.1, 0.15) is 46.7 Å². The predicted molar refractivity (Wildman–Crippen MR) is 101 cm³/mol. The van der Waals surface area contributed by atoms with E-state index in [1.54, 1.807) is 43.5 Å². The zero-order chi connectivity index (χ0) is 19.2. The number of pyridine rings is 1. The topological polar surface area (TPSA) is 89.5 Å². The van der Waals surface area contributed by atoms with Crippen LogP contribution in [0.4, 0.5) is 5.69 Å².